The Bertz CT molecular complexity index is 1680. The molecule has 5 rings (SSSR count). The van der Waals surface area contributed by atoms with E-state index >= 15 is 0 Å². The molecule has 2 aromatic heterocycles. The molecule has 40 heavy (non-hydrogen) atoms. The van der Waals surface area contributed by atoms with Crippen molar-refractivity contribution in [3.8, 4) is 16.8 Å². The molecule has 0 radical (unpaired) electrons. The first-order valence-electron chi connectivity index (χ1n) is 12.0. The zero-order chi connectivity index (χ0) is 28.8. The van der Waals surface area contributed by atoms with E-state index in [4.69, 9.17) is 5.11 Å². The van der Waals surface area contributed by atoms with E-state index in [1.54, 1.807) is 24.3 Å². The minimum Gasteiger partial charge on any atom is -0.481 e. The van der Waals surface area contributed by atoms with Gasteiger partial charge in [0.05, 0.1) is 17.8 Å². The number of benzene rings is 2. The van der Waals surface area contributed by atoms with Crippen molar-refractivity contribution in [2.75, 3.05) is 6.54 Å². The molecule has 0 aliphatic heterocycles. The van der Waals surface area contributed by atoms with Crippen molar-refractivity contribution in [2.45, 2.75) is 24.4 Å². The van der Waals surface area contributed by atoms with E-state index in [2.05, 4.69) is 4.98 Å². The molecular weight excluding hydrogens is 537 g/mol. The number of carbonyl (C=O) groups excluding carboxylic acids is 1. The number of pyridine rings is 2. The van der Waals surface area contributed by atoms with Gasteiger partial charge in [-0.15, -0.1) is 0 Å². The third-order valence-corrected chi connectivity index (χ3v) is 6.80. The van der Waals surface area contributed by atoms with E-state index in [-0.39, 0.29) is 22.9 Å². The molecule has 2 atom stereocenters. The zero-order valence-electron chi connectivity index (χ0n) is 20.5. The molecule has 206 valence electrons. The Hall–Kier alpha value is -4.61. The summed E-state index contributed by atoms with van der Waals surface area (Å²) in [5.41, 5.74) is 1.51. The van der Waals surface area contributed by atoms with Crippen LogP contribution >= 0.6 is 0 Å². The van der Waals surface area contributed by atoms with E-state index in [1.165, 1.54) is 28.2 Å². The lowest BCUT2D eigenvalue weighted by atomic mass is 10.0. The number of carboxylic acid groups (broad SMARTS) is 1. The van der Waals surface area contributed by atoms with Crippen molar-refractivity contribution >= 4 is 22.9 Å². The van der Waals surface area contributed by atoms with Gasteiger partial charge < -0.3 is 15.0 Å². The van der Waals surface area contributed by atoms with Crippen molar-refractivity contribution in [3.05, 3.63) is 94.4 Å². The standard InChI is InChI=1S/C28H20F5N3O4/c29-27(30,28(31,32)33)14-35-25(38)22-13-36(24-19(23(22)37)5-2-10-34-24)18-4-1-3-17(11-18)15-6-8-16(9-7-15)20-12-21(20)26(39)40/h1-11,13,20-21H,12,14H2,(H,35,38)(H,39,40)/t20-,21+/m0/s1. The highest BCUT2D eigenvalue weighted by Crippen LogP contribution is 2.47. The Morgan fingerprint density at radius 2 is 1.73 bits per heavy atom. The molecule has 0 saturated heterocycles. The van der Waals surface area contributed by atoms with Crippen LogP contribution in [0.2, 0.25) is 0 Å². The summed E-state index contributed by atoms with van der Waals surface area (Å²) in [6.07, 6.45) is -2.82. The SMILES string of the molecule is O=C(NCC(F)(F)C(F)(F)F)c1cn(-c2cccc(-c3ccc([C@@H]4C[C@H]4C(=O)O)cc3)c2)c2ncccc2c1=O. The largest absolute Gasteiger partial charge is 0.481 e. The fraction of sp³-hybridized carbons (Fsp3) is 0.214. The van der Waals surface area contributed by atoms with Crippen molar-refractivity contribution in [2.24, 2.45) is 5.92 Å². The predicted octanol–water partition coefficient (Wildman–Crippen LogP) is 5.17. The highest BCUT2D eigenvalue weighted by molar-refractivity contribution is 5.97. The Balaban J connectivity index is 1.50. The number of hydrogen-bond donors (Lipinski definition) is 2. The highest BCUT2D eigenvalue weighted by Gasteiger charge is 2.57. The maximum absolute atomic E-state index is 13.4. The molecule has 0 bridgehead atoms. The molecule has 2 heterocycles. The van der Waals surface area contributed by atoms with Crippen LogP contribution in [-0.4, -0.2) is 45.2 Å². The number of nitrogens with zero attached hydrogens (tertiary/aromatic N) is 2. The number of fused-ring (bicyclic) bond motifs is 1. The number of carboxylic acids is 1. The molecule has 2 aromatic carbocycles. The second-order valence-electron chi connectivity index (χ2n) is 9.46. The monoisotopic (exact) mass is 557 g/mol. The second-order valence-corrected chi connectivity index (χ2v) is 9.46. The van der Waals surface area contributed by atoms with Crippen molar-refractivity contribution in [1.29, 1.82) is 0 Å². The van der Waals surface area contributed by atoms with Crippen LogP contribution in [0.1, 0.15) is 28.3 Å². The normalized spacial score (nSPS) is 17.0. The predicted molar refractivity (Wildman–Crippen MR) is 135 cm³/mol. The summed E-state index contributed by atoms with van der Waals surface area (Å²) in [5, 5.41) is 10.6. The van der Waals surface area contributed by atoms with Crippen LogP contribution in [0.4, 0.5) is 22.0 Å². The number of aromatic nitrogens is 2. The first-order chi connectivity index (χ1) is 18.9. The van der Waals surface area contributed by atoms with E-state index in [9.17, 15) is 36.3 Å². The number of carbonyl (C=O) groups is 2. The number of aliphatic carboxylic acids is 1. The lowest BCUT2D eigenvalue weighted by Gasteiger charge is -2.20. The van der Waals surface area contributed by atoms with Gasteiger partial charge in [-0.2, -0.15) is 22.0 Å². The van der Waals surface area contributed by atoms with Crippen molar-refractivity contribution in [3.63, 3.8) is 0 Å². The van der Waals surface area contributed by atoms with Crippen LogP contribution in [-0.2, 0) is 4.79 Å². The van der Waals surface area contributed by atoms with Gasteiger partial charge >= 0.3 is 18.1 Å². The minimum absolute atomic E-state index is 0.0304. The molecule has 4 aromatic rings. The fourth-order valence-corrected chi connectivity index (χ4v) is 4.50. The first-order valence-corrected chi connectivity index (χ1v) is 12.0. The molecule has 7 nitrogen and oxygen atoms in total. The fourth-order valence-electron chi connectivity index (χ4n) is 4.50. The molecule has 1 fully saturated rings. The summed E-state index contributed by atoms with van der Waals surface area (Å²) in [6.45, 7) is -2.03. The third-order valence-electron chi connectivity index (χ3n) is 6.80. The Morgan fingerprint density at radius 3 is 2.38 bits per heavy atom. The number of hydrogen-bond acceptors (Lipinski definition) is 4. The molecular formula is C28H20F5N3O4. The van der Waals surface area contributed by atoms with Gasteiger partial charge in [0.15, 0.2) is 0 Å². The second kappa shape index (κ2) is 9.85. The lowest BCUT2D eigenvalue weighted by Crippen LogP contribution is -2.47. The van der Waals surface area contributed by atoms with Crippen molar-refractivity contribution in [1.82, 2.24) is 14.9 Å². The Morgan fingerprint density at radius 1 is 1.00 bits per heavy atom. The van der Waals surface area contributed by atoms with Crippen LogP contribution < -0.4 is 10.7 Å². The molecule has 2 N–H and O–H groups in total. The molecule has 0 unspecified atom stereocenters. The number of amides is 1. The summed E-state index contributed by atoms with van der Waals surface area (Å²) in [5.74, 6) is -7.82. The number of alkyl halides is 5. The van der Waals surface area contributed by atoms with E-state index in [1.807, 2.05) is 24.3 Å². The van der Waals surface area contributed by atoms with Gasteiger partial charge in [-0.3, -0.25) is 14.4 Å². The highest BCUT2D eigenvalue weighted by atomic mass is 19.4. The van der Waals surface area contributed by atoms with Crippen molar-refractivity contribution < 1.29 is 36.6 Å². The van der Waals surface area contributed by atoms with Gasteiger partial charge in [0.25, 0.3) is 5.91 Å². The van der Waals surface area contributed by atoms with Crippen LogP contribution in [0.3, 0.4) is 0 Å². The zero-order valence-corrected chi connectivity index (χ0v) is 20.5. The number of rotatable bonds is 7. The quantitative estimate of drug-likeness (QED) is 0.306. The topological polar surface area (TPSA) is 101 Å². The minimum atomic E-state index is -5.87. The molecule has 1 amide bonds. The third kappa shape index (κ3) is 5.04. The van der Waals surface area contributed by atoms with Gasteiger partial charge in [-0.1, -0.05) is 36.4 Å². The van der Waals surface area contributed by atoms with E-state index in [0.29, 0.717) is 12.1 Å². The summed E-state index contributed by atoms with van der Waals surface area (Å²) >= 11 is 0. The molecule has 1 aliphatic carbocycles. The average molecular weight is 557 g/mol. The Labute approximate surface area is 222 Å². The maximum Gasteiger partial charge on any atom is 0.455 e. The molecule has 12 heteroatoms. The smallest absolute Gasteiger partial charge is 0.455 e. The number of halogens is 5. The van der Waals surface area contributed by atoms with Crippen LogP contribution in [0, 0.1) is 5.92 Å². The first kappa shape index (κ1) is 27.0. The molecule has 1 aliphatic rings. The summed E-state index contributed by atoms with van der Waals surface area (Å²) < 4.78 is 65.8. The Kier molecular flexibility index (Phi) is 6.64. The summed E-state index contributed by atoms with van der Waals surface area (Å²) in [7, 11) is 0. The number of nitrogens with one attached hydrogen (secondary N) is 1. The van der Waals surface area contributed by atoms with Gasteiger partial charge in [0, 0.05) is 18.1 Å². The summed E-state index contributed by atoms with van der Waals surface area (Å²) in [6, 6.07) is 17.1. The van der Waals surface area contributed by atoms with Crippen LogP contribution in [0.15, 0.2) is 77.9 Å². The van der Waals surface area contributed by atoms with Crippen LogP contribution in [0.25, 0.3) is 27.8 Å². The molecule has 0 spiro atoms. The maximum atomic E-state index is 13.4. The van der Waals surface area contributed by atoms with E-state index < -0.39 is 41.5 Å². The van der Waals surface area contributed by atoms with Gasteiger partial charge in [-0.25, -0.2) is 4.98 Å². The average Bonchev–Trinajstić information content (AvgIpc) is 3.73. The summed E-state index contributed by atoms with van der Waals surface area (Å²) in [4.78, 5) is 41.0. The van der Waals surface area contributed by atoms with Crippen LogP contribution in [0.5, 0.6) is 0 Å². The van der Waals surface area contributed by atoms with Gasteiger partial charge in [0.1, 0.15) is 11.2 Å². The van der Waals surface area contributed by atoms with E-state index in [0.717, 1.165) is 22.9 Å². The van der Waals surface area contributed by atoms with Gasteiger partial charge in [0.2, 0.25) is 5.43 Å². The molecule has 1 saturated carbocycles. The van der Waals surface area contributed by atoms with Gasteiger partial charge in [-0.05, 0) is 53.3 Å². The lowest BCUT2D eigenvalue weighted by molar-refractivity contribution is -0.278.